The molecule has 0 aliphatic rings. The third-order valence-corrected chi connectivity index (χ3v) is 4.21. The van der Waals surface area contributed by atoms with E-state index >= 15 is 0 Å². The minimum Gasteiger partial charge on any atom is -0.286 e. The Balaban J connectivity index is 0.000000361. The van der Waals surface area contributed by atoms with Crippen LogP contribution in [0.2, 0.25) is 0 Å². The molecule has 0 saturated carbocycles. The van der Waals surface area contributed by atoms with E-state index in [0.29, 0.717) is 0 Å². The fourth-order valence-electron chi connectivity index (χ4n) is 0.803. The zero-order valence-corrected chi connectivity index (χ0v) is 12.3. The van der Waals surface area contributed by atoms with Gasteiger partial charge < -0.3 is 0 Å². The van der Waals surface area contributed by atoms with E-state index < -0.39 is 41.9 Å². The summed E-state index contributed by atoms with van der Waals surface area (Å²) in [6.45, 7) is 0. The fraction of sp³-hybridized carbons (Fsp3) is 0.250. The molecular formula is C8H12O9S3. The molecule has 0 aliphatic heterocycles. The SMILES string of the molecule is O=S(=O)(O)CCS(=O)(=O)O.O=S(=O)(O)c1ccccc1. The molecule has 1 rings (SSSR count). The van der Waals surface area contributed by atoms with Crippen molar-refractivity contribution >= 4 is 30.4 Å². The zero-order chi connectivity index (χ0) is 16.0. The van der Waals surface area contributed by atoms with Crippen molar-refractivity contribution in [2.75, 3.05) is 11.5 Å². The molecule has 0 radical (unpaired) electrons. The molecule has 0 amide bonds. The van der Waals surface area contributed by atoms with Gasteiger partial charge in [0.2, 0.25) is 0 Å². The van der Waals surface area contributed by atoms with Gasteiger partial charge in [0.1, 0.15) is 0 Å². The Morgan fingerprint density at radius 1 is 0.700 bits per heavy atom. The van der Waals surface area contributed by atoms with E-state index in [1.54, 1.807) is 18.2 Å². The minimum absolute atomic E-state index is 0.0741. The molecule has 20 heavy (non-hydrogen) atoms. The summed E-state index contributed by atoms with van der Waals surface area (Å²) in [6, 6.07) is 7.42. The molecule has 9 nitrogen and oxygen atoms in total. The van der Waals surface area contributed by atoms with Gasteiger partial charge in [0, 0.05) is 0 Å². The molecule has 0 heterocycles. The second-order valence-corrected chi connectivity index (χ2v) is 7.93. The molecule has 12 heteroatoms. The summed E-state index contributed by atoms with van der Waals surface area (Å²) >= 11 is 0. The Hall–Kier alpha value is -1.05. The van der Waals surface area contributed by atoms with Crippen LogP contribution >= 0.6 is 0 Å². The molecule has 0 aromatic heterocycles. The predicted molar refractivity (Wildman–Crippen MR) is 69.1 cm³/mol. The maximum absolute atomic E-state index is 10.4. The van der Waals surface area contributed by atoms with E-state index in [4.69, 9.17) is 13.7 Å². The van der Waals surface area contributed by atoms with Gasteiger partial charge in [-0.3, -0.25) is 13.7 Å². The highest BCUT2D eigenvalue weighted by molar-refractivity contribution is 7.89. The average Bonchev–Trinajstić information content (AvgIpc) is 2.26. The summed E-state index contributed by atoms with van der Waals surface area (Å²) in [6.07, 6.45) is 0. The molecule has 0 fully saturated rings. The molecule has 0 bridgehead atoms. The molecule has 116 valence electrons. The van der Waals surface area contributed by atoms with Crippen molar-refractivity contribution in [1.29, 1.82) is 0 Å². The van der Waals surface area contributed by atoms with E-state index in [-0.39, 0.29) is 4.90 Å². The predicted octanol–water partition coefficient (Wildman–Crippen LogP) is -0.305. The zero-order valence-electron chi connectivity index (χ0n) is 9.82. The number of benzene rings is 1. The van der Waals surface area contributed by atoms with Gasteiger partial charge in [0.05, 0.1) is 16.4 Å². The van der Waals surface area contributed by atoms with E-state index in [1.165, 1.54) is 12.1 Å². The van der Waals surface area contributed by atoms with Crippen molar-refractivity contribution in [1.82, 2.24) is 0 Å². The number of hydrogen-bond donors (Lipinski definition) is 3. The Morgan fingerprint density at radius 3 is 1.25 bits per heavy atom. The van der Waals surface area contributed by atoms with Crippen LogP contribution in [-0.4, -0.2) is 50.4 Å². The Morgan fingerprint density at radius 2 is 1.05 bits per heavy atom. The highest BCUT2D eigenvalue weighted by Gasteiger charge is 2.11. The Bertz CT molecular complexity index is 685. The molecule has 3 N–H and O–H groups in total. The largest absolute Gasteiger partial charge is 0.294 e. The molecular weight excluding hydrogens is 336 g/mol. The van der Waals surface area contributed by atoms with Crippen LogP contribution in [0.15, 0.2) is 35.2 Å². The van der Waals surface area contributed by atoms with E-state index in [2.05, 4.69) is 0 Å². The first-order valence-corrected chi connectivity index (χ1v) is 9.40. The first kappa shape index (κ1) is 18.9. The van der Waals surface area contributed by atoms with Crippen LogP contribution in [0.1, 0.15) is 0 Å². The van der Waals surface area contributed by atoms with Crippen LogP contribution in [0, 0.1) is 0 Å². The summed E-state index contributed by atoms with van der Waals surface area (Å²) in [5.74, 6) is -1.96. The summed E-state index contributed by atoms with van der Waals surface area (Å²) in [4.78, 5) is -0.0741. The molecule has 0 spiro atoms. The standard InChI is InChI=1S/C6H6O3S.C2H6O6S2/c7-10(8,9)6-4-2-1-3-5-6;3-9(4,5)1-2-10(6,7)8/h1-5H,(H,7,8,9);1-2H2,(H,3,4,5)(H,6,7,8). The van der Waals surface area contributed by atoms with Gasteiger partial charge in [-0.25, -0.2) is 0 Å². The first-order valence-electron chi connectivity index (χ1n) is 4.74. The normalized spacial score (nSPS) is 12.3. The lowest BCUT2D eigenvalue weighted by molar-refractivity contribution is 0.472. The molecule has 0 unspecified atom stereocenters. The molecule has 0 atom stereocenters. The molecule has 1 aromatic rings. The van der Waals surface area contributed by atoms with Gasteiger partial charge in [-0.1, -0.05) is 18.2 Å². The smallest absolute Gasteiger partial charge is 0.286 e. The van der Waals surface area contributed by atoms with Gasteiger partial charge in [0.25, 0.3) is 30.4 Å². The van der Waals surface area contributed by atoms with E-state index in [1.807, 2.05) is 0 Å². The van der Waals surface area contributed by atoms with E-state index in [9.17, 15) is 25.3 Å². The quantitative estimate of drug-likeness (QED) is 0.619. The lowest BCUT2D eigenvalue weighted by atomic mass is 10.4. The van der Waals surface area contributed by atoms with Crippen molar-refractivity contribution in [2.45, 2.75) is 4.90 Å². The lowest BCUT2D eigenvalue weighted by Crippen LogP contribution is -2.15. The van der Waals surface area contributed by atoms with Crippen molar-refractivity contribution < 1.29 is 38.9 Å². The van der Waals surface area contributed by atoms with Crippen LogP contribution < -0.4 is 0 Å². The monoisotopic (exact) mass is 348 g/mol. The van der Waals surface area contributed by atoms with Gasteiger partial charge in [-0.2, -0.15) is 25.3 Å². The highest BCUT2D eigenvalue weighted by Crippen LogP contribution is 2.05. The minimum atomic E-state index is -4.30. The molecule has 1 aromatic carbocycles. The van der Waals surface area contributed by atoms with Crippen LogP contribution in [0.4, 0.5) is 0 Å². The maximum atomic E-state index is 10.4. The van der Waals surface area contributed by atoms with Crippen molar-refractivity contribution in [2.24, 2.45) is 0 Å². The average molecular weight is 348 g/mol. The fourth-order valence-corrected chi connectivity index (χ4v) is 2.99. The molecule has 0 saturated heterocycles. The third kappa shape index (κ3) is 10.8. The number of hydrogen-bond acceptors (Lipinski definition) is 6. The second-order valence-electron chi connectivity index (χ2n) is 3.36. The Kier molecular flexibility index (Phi) is 6.73. The van der Waals surface area contributed by atoms with Gasteiger partial charge in [-0.15, -0.1) is 0 Å². The topological polar surface area (TPSA) is 163 Å². The van der Waals surface area contributed by atoms with Crippen LogP contribution in [0.3, 0.4) is 0 Å². The Labute approximate surface area is 116 Å². The van der Waals surface area contributed by atoms with Crippen LogP contribution in [-0.2, 0) is 30.4 Å². The highest BCUT2D eigenvalue weighted by atomic mass is 32.2. The van der Waals surface area contributed by atoms with Crippen molar-refractivity contribution in [3.63, 3.8) is 0 Å². The third-order valence-electron chi connectivity index (χ3n) is 1.64. The maximum Gasteiger partial charge on any atom is 0.294 e. The lowest BCUT2D eigenvalue weighted by Gasteiger charge is -1.92. The van der Waals surface area contributed by atoms with Crippen molar-refractivity contribution in [3.05, 3.63) is 30.3 Å². The first-order chi connectivity index (χ1) is 8.81. The van der Waals surface area contributed by atoms with Gasteiger partial charge in [0.15, 0.2) is 0 Å². The van der Waals surface area contributed by atoms with Crippen LogP contribution in [0.25, 0.3) is 0 Å². The summed E-state index contributed by atoms with van der Waals surface area (Å²) in [7, 11) is -12.6. The van der Waals surface area contributed by atoms with Crippen LogP contribution in [0.5, 0.6) is 0 Å². The summed E-state index contributed by atoms with van der Waals surface area (Å²) < 4.78 is 84.6. The van der Waals surface area contributed by atoms with Crippen molar-refractivity contribution in [3.8, 4) is 0 Å². The second kappa shape index (κ2) is 7.10. The van der Waals surface area contributed by atoms with Gasteiger partial charge in [-0.05, 0) is 12.1 Å². The van der Waals surface area contributed by atoms with E-state index in [0.717, 1.165) is 0 Å². The molecule has 0 aliphatic carbocycles. The number of rotatable bonds is 4. The summed E-state index contributed by atoms with van der Waals surface area (Å²) in [5.41, 5.74) is 0. The van der Waals surface area contributed by atoms with Gasteiger partial charge >= 0.3 is 0 Å². The summed E-state index contributed by atoms with van der Waals surface area (Å²) in [5, 5.41) is 0.